The molecule has 0 saturated heterocycles. The number of nitrogens with one attached hydrogen (secondary N) is 1. The van der Waals surface area contributed by atoms with Gasteiger partial charge >= 0.3 is 6.18 Å². The highest BCUT2D eigenvalue weighted by molar-refractivity contribution is 5.78. The van der Waals surface area contributed by atoms with Crippen molar-refractivity contribution in [2.24, 2.45) is 0 Å². The van der Waals surface area contributed by atoms with E-state index in [9.17, 15) is 18.0 Å². The molecular formula is C16H23F3N2O2. The van der Waals surface area contributed by atoms with Crippen LogP contribution >= 0.6 is 0 Å². The first kappa shape index (κ1) is 19.4. The van der Waals surface area contributed by atoms with E-state index in [1.165, 1.54) is 12.6 Å². The van der Waals surface area contributed by atoms with Crippen molar-refractivity contribution in [3.8, 4) is 0 Å². The molecule has 2 unspecified atom stereocenters. The van der Waals surface area contributed by atoms with E-state index in [2.05, 4.69) is 5.32 Å². The van der Waals surface area contributed by atoms with Crippen molar-refractivity contribution < 1.29 is 23.1 Å². The number of carbonyl (C=O) groups is 1. The number of halogens is 3. The molecule has 23 heavy (non-hydrogen) atoms. The summed E-state index contributed by atoms with van der Waals surface area (Å²) in [5.74, 6) is -0.394. The predicted octanol–water partition coefficient (Wildman–Crippen LogP) is 2.28. The van der Waals surface area contributed by atoms with Gasteiger partial charge in [-0.3, -0.25) is 9.69 Å². The molecule has 1 amide bonds. The molecule has 0 aliphatic heterocycles. The van der Waals surface area contributed by atoms with Crippen LogP contribution in [0.1, 0.15) is 31.0 Å². The van der Waals surface area contributed by atoms with Crippen molar-refractivity contribution in [3.05, 3.63) is 35.4 Å². The van der Waals surface area contributed by atoms with Crippen LogP contribution in [0.25, 0.3) is 0 Å². The fourth-order valence-electron chi connectivity index (χ4n) is 2.12. The Morgan fingerprint density at radius 1 is 1.30 bits per heavy atom. The number of aliphatic hydroxyl groups excluding tert-OH is 1. The Balaban J connectivity index is 2.48. The molecule has 0 saturated carbocycles. The first-order valence-electron chi connectivity index (χ1n) is 7.45. The molecule has 0 fully saturated rings. The number of benzene rings is 1. The summed E-state index contributed by atoms with van der Waals surface area (Å²) in [6, 6.07) is 7.55. The third-order valence-electron chi connectivity index (χ3n) is 3.54. The lowest BCUT2D eigenvalue weighted by atomic mass is 10.1. The highest BCUT2D eigenvalue weighted by atomic mass is 19.4. The summed E-state index contributed by atoms with van der Waals surface area (Å²) in [7, 11) is 1.36. The first-order valence-corrected chi connectivity index (χ1v) is 7.45. The maximum atomic E-state index is 12.3. The molecule has 0 radical (unpaired) electrons. The van der Waals surface area contributed by atoms with Gasteiger partial charge in [0.2, 0.25) is 5.91 Å². The van der Waals surface area contributed by atoms with E-state index in [0.29, 0.717) is 0 Å². The van der Waals surface area contributed by atoms with Crippen molar-refractivity contribution in [2.75, 3.05) is 20.1 Å². The smallest absolute Gasteiger partial charge is 0.382 e. The summed E-state index contributed by atoms with van der Waals surface area (Å²) < 4.78 is 36.8. The minimum Gasteiger partial charge on any atom is -0.382 e. The lowest BCUT2D eigenvalue weighted by molar-refractivity contribution is -0.207. The van der Waals surface area contributed by atoms with E-state index in [4.69, 9.17) is 5.11 Å². The van der Waals surface area contributed by atoms with Crippen LogP contribution in [0.15, 0.2) is 24.3 Å². The summed E-state index contributed by atoms with van der Waals surface area (Å²) >= 11 is 0. The van der Waals surface area contributed by atoms with Crippen molar-refractivity contribution in [1.29, 1.82) is 0 Å². The Kier molecular flexibility index (Phi) is 7.02. The molecule has 0 spiro atoms. The Morgan fingerprint density at radius 3 is 2.35 bits per heavy atom. The van der Waals surface area contributed by atoms with Gasteiger partial charge in [-0.05, 0) is 31.5 Å². The second-order valence-electron chi connectivity index (χ2n) is 5.64. The number of aryl methyl sites for hydroxylation is 1. The van der Waals surface area contributed by atoms with E-state index in [0.717, 1.165) is 16.9 Å². The maximum Gasteiger partial charge on any atom is 0.415 e. The molecule has 0 aliphatic carbocycles. The summed E-state index contributed by atoms with van der Waals surface area (Å²) in [5.41, 5.74) is 2.11. The monoisotopic (exact) mass is 332 g/mol. The lowest BCUT2D eigenvalue weighted by Gasteiger charge is -2.23. The van der Waals surface area contributed by atoms with Crippen molar-refractivity contribution in [3.63, 3.8) is 0 Å². The molecule has 130 valence electrons. The normalized spacial score (nSPS) is 14.6. The Hall–Kier alpha value is -1.60. The van der Waals surface area contributed by atoms with Gasteiger partial charge in [0.1, 0.15) is 0 Å². The number of aliphatic hydroxyl groups is 1. The van der Waals surface area contributed by atoms with E-state index in [1.54, 1.807) is 0 Å². The van der Waals surface area contributed by atoms with Crippen LogP contribution in [0.5, 0.6) is 0 Å². The zero-order chi connectivity index (χ0) is 17.6. The average molecular weight is 332 g/mol. The number of carbonyl (C=O) groups excluding carboxylic acids is 1. The average Bonchev–Trinajstić information content (AvgIpc) is 2.45. The number of rotatable bonds is 7. The molecule has 7 heteroatoms. The number of nitrogens with zero attached hydrogens (tertiary/aromatic N) is 1. The highest BCUT2D eigenvalue weighted by Crippen LogP contribution is 2.20. The van der Waals surface area contributed by atoms with Gasteiger partial charge < -0.3 is 10.4 Å². The summed E-state index contributed by atoms with van der Waals surface area (Å²) in [6.07, 6.45) is -6.22. The third kappa shape index (κ3) is 6.58. The van der Waals surface area contributed by atoms with Gasteiger partial charge in [-0.25, -0.2) is 0 Å². The fraction of sp³-hybridized carbons (Fsp3) is 0.562. The van der Waals surface area contributed by atoms with Gasteiger partial charge in [0, 0.05) is 6.54 Å². The van der Waals surface area contributed by atoms with E-state index in [1.807, 2.05) is 38.1 Å². The first-order chi connectivity index (χ1) is 10.6. The van der Waals surface area contributed by atoms with Gasteiger partial charge in [-0.1, -0.05) is 31.2 Å². The second kappa shape index (κ2) is 8.31. The molecule has 0 heterocycles. The second-order valence-corrected chi connectivity index (χ2v) is 5.64. The standard InChI is InChI=1S/C16H23F3N2O2/c1-4-12-5-7-13(8-6-12)11(2)20-15(23)10-21(3)9-14(22)16(17,18)19/h5-8,11,14,22H,4,9-10H2,1-3H3,(H,20,23). The molecule has 0 aliphatic rings. The van der Waals surface area contributed by atoms with Gasteiger partial charge in [0.15, 0.2) is 6.10 Å². The Morgan fingerprint density at radius 2 is 1.87 bits per heavy atom. The molecule has 1 aromatic carbocycles. The van der Waals surface area contributed by atoms with E-state index in [-0.39, 0.29) is 12.6 Å². The quantitative estimate of drug-likeness (QED) is 0.805. The third-order valence-corrected chi connectivity index (χ3v) is 3.54. The number of amides is 1. The number of alkyl halides is 3. The van der Waals surface area contributed by atoms with Crippen LogP contribution in [0.4, 0.5) is 13.2 Å². The summed E-state index contributed by atoms with van der Waals surface area (Å²) in [4.78, 5) is 13.0. The summed E-state index contributed by atoms with van der Waals surface area (Å²) in [5, 5.41) is 11.7. The number of hydrogen-bond donors (Lipinski definition) is 2. The van der Waals surface area contributed by atoms with Crippen LogP contribution in [0.3, 0.4) is 0 Å². The Bertz CT molecular complexity index is 503. The zero-order valence-electron chi connectivity index (χ0n) is 13.5. The topological polar surface area (TPSA) is 52.6 Å². The molecular weight excluding hydrogens is 309 g/mol. The number of likely N-dealkylation sites (N-methyl/N-ethyl adjacent to an activating group) is 1. The van der Waals surface area contributed by atoms with Crippen LogP contribution in [-0.2, 0) is 11.2 Å². The molecule has 0 aromatic heterocycles. The molecule has 2 atom stereocenters. The van der Waals surface area contributed by atoms with Crippen LogP contribution in [-0.4, -0.2) is 48.3 Å². The maximum absolute atomic E-state index is 12.3. The minimum atomic E-state index is -4.68. The van der Waals surface area contributed by atoms with Crippen molar-refractivity contribution >= 4 is 5.91 Å². The molecule has 1 aromatic rings. The fourth-order valence-corrected chi connectivity index (χ4v) is 2.12. The van der Waals surface area contributed by atoms with Gasteiger partial charge in [-0.2, -0.15) is 13.2 Å². The minimum absolute atomic E-state index is 0.218. The molecule has 4 nitrogen and oxygen atoms in total. The van der Waals surface area contributed by atoms with E-state index < -0.39 is 24.7 Å². The van der Waals surface area contributed by atoms with Gasteiger partial charge in [0.25, 0.3) is 0 Å². The summed E-state index contributed by atoms with van der Waals surface area (Å²) in [6.45, 7) is 3.00. The molecule has 1 rings (SSSR count). The van der Waals surface area contributed by atoms with Gasteiger partial charge in [-0.15, -0.1) is 0 Å². The highest BCUT2D eigenvalue weighted by Gasteiger charge is 2.38. The van der Waals surface area contributed by atoms with Crippen LogP contribution < -0.4 is 5.32 Å². The number of hydrogen-bond acceptors (Lipinski definition) is 3. The van der Waals surface area contributed by atoms with E-state index >= 15 is 0 Å². The predicted molar refractivity (Wildman–Crippen MR) is 81.9 cm³/mol. The van der Waals surface area contributed by atoms with Crippen LogP contribution in [0.2, 0.25) is 0 Å². The molecule has 0 bridgehead atoms. The Labute approximate surface area is 134 Å². The SMILES string of the molecule is CCc1ccc(C(C)NC(=O)CN(C)CC(O)C(F)(F)F)cc1. The van der Waals surface area contributed by atoms with Crippen molar-refractivity contribution in [1.82, 2.24) is 10.2 Å². The molecule has 2 N–H and O–H groups in total. The zero-order valence-corrected chi connectivity index (χ0v) is 13.5. The lowest BCUT2D eigenvalue weighted by Crippen LogP contribution is -2.43. The van der Waals surface area contributed by atoms with Gasteiger partial charge in [0.05, 0.1) is 12.6 Å². The largest absolute Gasteiger partial charge is 0.415 e. The van der Waals surface area contributed by atoms with Crippen molar-refractivity contribution in [2.45, 2.75) is 38.6 Å². The van der Waals surface area contributed by atoms with Crippen LogP contribution in [0, 0.1) is 0 Å².